The molecule has 1 aromatic carbocycles. The maximum Gasteiger partial charge on any atom is 0.344 e. The number of aryl methyl sites for hydroxylation is 4. The number of aromatic nitrogens is 2. The molecule has 29 heavy (non-hydrogen) atoms. The van der Waals surface area contributed by atoms with E-state index in [2.05, 4.69) is 5.16 Å². The van der Waals surface area contributed by atoms with Gasteiger partial charge in [0.15, 0.2) is 19.0 Å². The van der Waals surface area contributed by atoms with Crippen molar-refractivity contribution in [3.8, 4) is 11.6 Å². The monoisotopic (exact) mass is 396 g/mol. The zero-order valence-corrected chi connectivity index (χ0v) is 17.2. The summed E-state index contributed by atoms with van der Waals surface area (Å²) in [5.41, 5.74) is 4.11. The molecule has 0 unspecified atom stereocenters. The van der Waals surface area contributed by atoms with E-state index in [1.54, 1.807) is 19.1 Å². The van der Waals surface area contributed by atoms with Crippen molar-refractivity contribution < 1.29 is 23.6 Å². The summed E-state index contributed by atoms with van der Waals surface area (Å²) in [6, 6.07) is 9.23. The summed E-state index contributed by atoms with van der Waals surface area (Å²) in [4.78, 5) is 24.5. The van der Waals surface area contributed by atoms with Crippen LogP contribution in [0.5, 0.6) is 5.75 Å². The van der Waals surface area contributed by atoms with E-state index in [0.29, 0.717) is 28.6 Å². The van der Waals surface area contributed by atoms with Gasteiger partial charge in [0, 0.05) is 23.0 Å². The quantitative estimate of drug-likeness (QED) is 0.446. The van der Waals surface area contributed by atoms with Gasteiger partial charge in [-0.1, -0.05) is 11.2 Å². The lowest BCUT2D eigenvalue weighted by Gasteiger charge is -2.08. The second kappa shape index (κ2) is 8.34. The molecule has 7 heteroatoms. The average Bonchev–Trinajstić information content (AvgIpc) is 3.19. The fourth-order valence-corrected chi connectivity index (χ4v) is 3.28. The molecule has 0 spiro atoms. The number of nitrogens with zero attached hydrogens (tertiary/aromatic N) is 2. The van der Waals surface area contributed by atoms with Crippen LogP contribution in [0.3, 0.4) is 0 Å². The summed E-state index contributed by atoms with van der Waals surface area (Å²) in [5.74, 6) is 0.994. The van der Waals surface area contributed by atoms with Crippen molar-refractivity contribution in [3.63, 3.8) is 0 Å². The molecule has 0 fully saturated rings. The van der Waals surface area contributed by atoms with Gasteiger partial charge in [0.1, 0.15) is 11.5 Å². The summed E-state index contributed by atoms with van der Waals surface area (Å²) in [5, 5.41) is 3.99. The van der Waals surface area contributed by atoms with Crippen LogP contribution in [0.4, 0.5) is 0 Å². The molecule has 2 aromatic heterocycles. The van der Waals surface area contributed by atoms with Crippen LogP contribution in [-0.2, 0) is 9.53 Å². The number of carbonyl (C=O) groups excluding carboxylic acids is 2. The average molecular weight is 396 g/mol. The molecule has 0 aliphatic heterocycles. The predicted molar refractivity (Wildman–Crippen MR) is 107 cm³/mol. The van der Waals surface area contributed by atoms with Gasteiger partial charge in [-0.05, 0) is 63.9 Å². The lowest BCUT2D eigenvalue weighted by atomic mass is 10.1. The third-order valence-electron chi connectivity index (χ3n) is 4.49. The van der Waals surface area contributed by atoms with Gasteiger partial charge in [-0.15, -0.1) is 0 Å². The van der Waals surface area contributed by atoms with E-state index >= 15 is 0 Å². The molecule has 0 radical (unpaired) electrons. The maximum absolute atomic E-state index is 12.6. The number of esters is 1. The number of rotatable bonds is 7. The number of Topliss-reactive ketones (excluding diaryl/α,β-unsaturated/α-hetero) is 1. The minimum absolute atomic E-state index is 0.257. The predicted octanol–water partition coefficient (Wildman–Crippen LogP) is 3.81. The van der Waals surface area contributed by atoms with Gasteiger partial charge >= 0.3 is 5.97 Å². The van der Waals surface area contributed by atoms with Gasteiger partial charge in [0.2, 0.25) is 5.78 Å². The fourth-order valence-electron chi connectivity index (χ4n) is 3.28. The fraction of sp³-hybridized carbons (Fsp3) is 0.318. The highest BCUT2D eigenvalue weighted by atomic mass is 16.6. The highest BCUT2D eigenvalue weighted by molar-refractivity contribution is 5.99. The van der Waals surface area contributed by atoms with E-state index in [-0.39, 0.29) is 19.0 Å². The summed E-state index contributed by atoms with van der Waals surface area (Å²) in [6.07, 6.45) is 0. The van der Waals surface area contributed by atoms with Crippen LogP contribution in [0.15, 0.2) is 34.9 Å². The second-order valence-corrected chi connectivity index (χ2v) is 7.11. The second-order valence-electron chi connectivity index (χ2n) is 7.11. The third-order valence-corrected chi connectivity index (χ3v) is 4.49. The van der Waals surface area contributed by atoms with Crippen LogP contribution in [-0.4, -0.2) is 34.7 Å². The summed E-state index contributed by atoms with van der Waals surface area (Å²) < 4.78 is 17.5. The Hall–Kier alpha value is -3.35. The van der Waals surface area contributed by atoms with Crippen molar-refractivity contribution in [1.29, 1.82) is 0 Å². The van der Waals surface area contributed by atoms with Gasteiger partial charge in [-0.25, -0.2) is 4.79 Å². The van der Waals surface area contributed by atoms with Crippen LogP contribution in [0.2, 0.25) is 0 Å². The molecule has 7 nitrogen and oxygen atoms in total. The molecule has 3 rings (SSSR count). The van der Waals surface area contributed by atoms with Gasteiger partial charge < -0.3 is 14.0 Å². The van der Waals surface area contributed by atoms with E-state index < -0.39 is 5.97 Å². The topological polar surface area (TPSA) is 83.6 Å². The Morgan fingerprint density at radius 3 is 2.28 bits per heavy atom. The van der Waals surface area contributed by atoms with Crippen LogP contribution in [0.1, 0.15) is 38.6 Å². The molecule has 0 aliphatic rings. The molecule has 0 saturated carbocycles. The molecular weight excluding hydrogens is 372 g/mol. The molecule has 0 aliphatic carbocycles. The van der Waals surface area contributed by atoms with Crippen molar-refractivity contribution in [2.75, 3.05) is 13.2 Å². The highest BCUT2D eigenvalue weighted by Gasteiger charge is 2.19. The van der Waals surface area contributed by atoms with E-state index in [0.717, 1.165) is 16.8 Å². The first-order chi connectivity index (χ1) is 13.7. The number of carbonyl (C=O) groups is 2. The molecule has 0 saturated heterocycles. The number of benzene rings is 1. The largest absolute Gasteiger partial charge is 0.482 e. The number of ether oxygens (including phenoxy) is 2. The lowest BCUT2D eigenvalue weighted by Crippen LogP contribution is -2.20. The smallest absolute Gasteiger partial charge is 0.344 e. The Balaban J connectivity index is 1.60. The summed E-state index contributed by atoms with van der Waals surface area (Å²) in [7, 11) is 0. The number of hydrogen-bond acceptors (Lipinski definition) is 6. The number of ketones is 1. The van der Waals surface area contributed by atoms with Crippen molar-refractivity contribution in [1.82, 2.24) is 9.72 Å². The van der Waals surface area contributed by atoms with Gasteiger partial charge in [-0.3, -0.25) is 9.36 Å². The van der Waals surface area contributed by atoms with Crippen molar-refractivity contribution >= 4 is 11.8 Å². The molecule has 0 amide bonds. The first-order valence-corrected chi connectivity index (χ1v) is 9.27. The molecule has 0 atom stereocenters. The molecule has 152 valence electrons. The Labute approximate surface area is 169 Å². The SMILES string of the molecule is Cc1cc(C)cc(OCC(=O)OCC(=O)c2cc(C)n(-c3cc(C)on3)c2C)c1. The van der Waals surface area contributed by atoms with E-state index in [4.69, 9.17) is 14.0 Å². The number of hydrogen-bond donors (Lipinski definition) is 0. The first kappa shape index (κ1) is 20.4. The Morgan fingerprint density at radius 1 is 0.966 bits per heavy atom. The molecular formula is C22H24N2O5. The van der Waals surface area contributed by atoms with Crippen LogP contribution in [0, 0.1) is 34.6 Å². The maximum atomic E-state index is 12.6. The summed E-state index contributed by atoms with van der Waals surface area (Å²) >= 11 is 0. The Bertz CT molecular complexity index is 1040. The van der Waals surface area contributed by atoms with Gasteiger partial charge in [0.05, 0.1) is 0 Å². The van der Waals surface area contributed by atoms with Gasteiger partial charge in [-0.2, -0.15) is 0 Å². The van der Waals surface area contributed by atoms with Crippen molar-refractivity contribution in [2.45, 2.75) is 34.6 Å². The van der Waals surface area contributed by atoms with E-state index in [1.807, 2.05) is 50.5 Å². The van der Waals surface area contributed by atoms with Crippen molar-refractivity contribution in [2.24, 2.45) is 0 Å². The van der Waals surface area contributed by atoms with Gasteiger partial charge in [0.25, 0.3) is 0 Å². The van der Waals surface area contributed by atoms with Crippen LogP contribution >= 0.6 is 0 Å². The standard InChI is InChI=1S/C22H24N2O5/c1-13-6-14(2)8-18(7-13)27-12-22(26)28-11-20(25)19-9-15(3)24(17(19)5)21-10-16(4)29-23-21/h6-10H,11-12H2,1-5H3. The Kier molecular flexibility index (Phi) is 5.87. The molecule has 0 N–H and O–H groups in total. The lowest BCUT2D eigenvalue weighted by molar-refractivity contribution is -0.144. The third kappa shape index (κ3) is 4.74. The zero-order chi connectivity index (χ0) is 21.1. The summed E-state index contributed by atoms with van der Waals surface area (Å²) in [6.45, 7) is 8.79. The minimum atomic E-state index is -0.599. The molecule has 3 aromatic rings. The zero-order valence-electron chi connectivity index (χ0n) is 17.2. The van der Waals surface area contributed by atoms with Crippen LogP contribution in [0.25, 0.3) is 5.82 Å². The van der Waals surface area contributed by atoms with E-state index in [1.165, 1.54) is 0 Å². The highest BCUT2D eigenvalue weighted by Crippen LogP contribution is 2.21. The van der Waals surface area contributed by atoms with Crippen LogP contribution < -0.4 is 4.74 Å². The van der Waals surface area contributed by atoms with Crippen molar-refractivity contribution in [3.05, 3.63) is 64.2 Å². The molecule has 2 heterocycles. The normalized spacial score (nSPS) is 10.8. The Morgan fingerprint density at radius 2 is 1.66 bits per heavy atom. The molecule has 0 bridgehead atoms. The first-order valence-electron chi connectivity index (χ1n) is 9.27. The van der Waals surface area contributed by atoms with E-state index in [9.17, 15) is 9.59 Å². The minimum Gasteiger partial charge on any atom is -0.482 e.